The zero-order valence-corrected chi connectivity index (χ0v) is 14.1. The normalized spacial score (nSPS) is 17.0. The van der Waals surface area contributed by atoms with Crippen LogP contribution in [0.15, 0.2) is 35.2 Å². The number of benzene rings is 1. The fraction of sp³-hybridized carbons (Fsp3) is 0.562. The maximum atomic E-state index is 12.5. The van der Waals surface area contributed by atoms with Gasteiger partial charge >= 0.3 is 0 Å². The third-order valence-electron chi connectivity index (χ3n) is 4.27. The molecule has 122 valence electrons. The van der Waals surface area contributed by atoms with Gasteiger partial charge in [0.1, 0.15) is 0 Å². The van der Waals surface area contributed by atoms with Crippen LogP contribution in [-0.2, 0) is 14.8 Å². The summed E-state index contributed by atoms with van der Waals surface area (Å²) in [6, 6.07) is 8.46. The molecule has 0 bridgehead atoms. The summed E-state index contributed by atoms with van der Waals surface area (Å²) in [5, 5.41) is 0. The lowest BCUT2D eigenvalue weighted by atomic mass is 10.0. The van der Waals surface area contributed by atoms with E-state index in [4.69, 9.17) is 0 Å². The highest BCUT2D eigenvalue weighted by Crippen LogP contribution is 2.19. The van der Waals surface area contributed by atoms with E-state index in [0.29, 0.717) is 31.1 Å². The molecule has 0 unspecified atom stereocenters. The van der Waals surface area contributed by atoms with Crippen LogP contribution in [0.3, 0.4) is 0 Å². The number of carbonyl (C=O) groups is 1. The van der Waals surface area contributed by atoms with Gasteiger partial charge in [0.25, 0.3) is 0 Å². The molecule has 0 spiro atoms. The minimum absolute atomic E-state index is 0.0530. The Morgan fingerprint density at radius 2 is 1.59 bits per heavy atom. The van der Waals surface area contributed by atoms with Crippen LogP contribution in [0.25, 0.3) is 0 Å². The van der Waals surface area contributed by atoms with Crippen LogP contribution in [0.4, 0.5) is 0 Å². The molecule has 1 heterocycles. The molecule has 0 atom stereocenters. The number of sulfonamides is 1. The van der Waals surface area contributed by atoms with E-state index < -0.39 is 10.0 Å². The van der Waals surface area contributed by atoms with E-state index >= 15 is 0 Å². The molecule has 1 aromatic carbocycles. The Labute approximate surface area is 133 Å². The van der Waals surface area contributed by atoms with E-state index in [-0.39, 0.29) is 11.8 Å². The zero-order chi connectivity index (χ0) is 16.2. The maximum absolute atomic E-state index is 12.5. The predicted octanol–water partition coefficient (Wildman–Crippen LogP) is 1.96. The molecular weight excluding hydrogens is 300 g/mol. The summed E-state index contributed by atoms with van der Waals surface area (Å²) in [5.41, 5.74) is 0. The molecular formula is C16H24N2O3S. The fourth-order valence-corrected chi connectivity index (χ4v) is 4.23. The van der Waals surface area contributed by atoms with Gasteiger partial charge in [-0.1, -0.05) is 32.0 Å². The Hall–Kier alpha value is -1.40. The lowest BCUT2D eigenvalue weighted by Crippen LogP contribution is -2.51. The Morgan fingerprint density at radius 1 is 1.05 bits per heavy atom. The number of carbonyl (C=O) groups excluding carboxylic acids is 1. The van der Waals surface area contributed by atoms with Crippen LogP contribution in [0.1, 0.15) is 26.7 Å². The number of amides is 1. The molecule has 0 saturated carbocycles. The molecule has 0 radical (unpaired) electrons. The van der Waals surface area contributed by atoms with Crippen molar-refractivity contribution in [2.24, 2.45) is 5.92 Å². The van der Waals surface area contributed by atoms with Crippen LogP contribution in [0, 0.1) is 5.92 Å². The molecule has 0 aromatic heterocycles. The molecule has 1 amide bonds. The smallest absolute Gasteiger partial charge is 0.243 e. The predicted molar refractivity (Wildman–Crippen MR) is 85.9 cm³/mol. The molecule has 5 nitrogen and oxygen atoms in total. The first-order valence-electron chi connectivity index (χ1n) is 7.84. The minimum Gasteiger partial charge on any atom is -0.340 e. The first-order valence-corrected chi connectivity index (χ1v) is 9.28. The van der Waals surface area contributed by atoms with E-state index in [1.165, 1.54) is 4.31 Å². The molecule has 0 aliphatic carbocycles. The molecule has 0 N–H and O–H groups in total. The van der Waals surface area contributed by atoms with Gasteiger partial charge in [0.15, 0.2) is 0 Å². The molecule has 1 saturated heterocycles. The summed E-state index contributed by atoms with van der Waals surface area (Å²) < 4.78 is 26.5. The Morgan fingerprint density at radius 3 is 2.09 bits per heavy atom. The number of rotatable bonds is 5. The second kappa shape index (κ2) is 7.24. The zero-order valence-electron chi connectivity index (χ0n) is 13.2. The number of hydrogen-bond donors (Lipinski definition) is 0. The molecule has 6 heteroatoms. The van der Waals surface area contributed by atoms with E-state index in [0.717, 1.165) is 12.8 Å². The van der Waals surface area contributed by atoms with Crippen molar-refractivity contribution in [3.8, 4) is 0 Å². The highest BCUT2D eigenvalue weighted by atomic mass is 32.2. The second-order valence-corrected chi connectivity index (χ2v) is 7.49. The van der Waals surface area contributed by atoms with Gasteiger partial charge in [0.2, 0.25) is 15.9 Å². The average Bonchev–Trinajstić information content (AvgIpc) is 2.57. The molecule has 2 rings (SSSR count). The molecule has 1 fully saturated rings. The lowest BCUT2D eigenvalue weighted by molar-refractivity contribution is -0.136. The molecule has 1 aliphatic heterocycles. The number of piperazine rings is 1. The Balaban J connectivity index is 2.02. The van der Waals surface area contributed by atoms with Gasteiger partial charge in [-0.15, -0.1) is 0 Å². The maximum Gasteiger partial charge on any atom is 0.243 e. The summed E-state index contributed by atoms with van der Waals surface area (Å²) in [5.74, 6) is 0.207. The monoisotopic (exact) mass is 324 g/mol. The average molecular weight is 324 g/mol. The number of hydrogen-bond acceptors (Lipinski definition) is 3. The van der Waals surface area contributed by atoms with Crippen molar-refractivity contribution in [2.45, 2.75) is 31.6 Å². The number of nitrogens with zero attached hydrogens (tertiary/aromatic N) is 2. The summed E-state index contributed by atoms with van der Waals surface area (Å²) in [4.78, 5) is 14.5. The summed E-state index contributed by atoms with van der Waals surface area (Å²) >= 11 is 0. The highest BCUT2D eigenvalue weighted by Gasteiger charge is 2.31. The molecule has 1 aromatic rings. The van der Waals surface area contributed by atoms with Crippen LogP contribution < -0.4 is 0 Å². The van der Waals surface area contributed by atoms with Crippen LogP contribution in [-0.4, -0.2) is 49.7 Å². The van der Waals surface area contributed by atoms with Crippen molar-refractivity contribution in [1.82, 2.24) is 9.21 Å². The summed E-state index contributed by atoms with van der Waals surface area (Å²) in [7, 11) is -3.45. The lowest BCUT2D eigenvalue weighted by Gasteiger charge is -2.35. The van der Waals surface area contributed by atoms with Gasteiger partial charge in [-0.25, -0.2) is 8.42 Å². The van der Waals surface area contributed by atoms with E-state index in [9.17, 15) is 13.2 Å². The van der Waals surface area contributed by atoms with Gasteiger partial charge in [-0.05, 0) is 25.0 Å². The van der Waals surface area contributed by atoms with Crippen molar-refractivity contribution in [3.05, 3.63) is 30.3 Å². The van der Waals surface area contributed by atoms with Gasteiger partial charge in [0.05, 0.1) is 4.90 Å². The Kier molecular flexibility index (Phi) is 5.58. The minimum atomic E-state index is -3.45. The van der Waals surface area contributed by atoms with Crippen LogP contribution in [0.2, 0.25) is 0 Å². The standard InChI is InChI=1S/C16H24N2O3S/c1-3-14(4-2)16(19)17-10-12-18(13-11-17)22(20,21)15-8-6-5-7-9-15/h5-9,14H,3-4,10-13H2,1-2H3. The second-order valence-electron chi connectivity index (χ2n) is 5.56. The topological polar surface area (TPSA) is 57.7 Å². The quantitative estimate of drug-likeness (QED) is 0.832. The summed E-state index contributed by atoms with van der Waals surface area (Å²) in [6.45, 7) is 5.71. The van der Waals surface area contributed by atoms with Crippen LogP contribution in [0.5, 0.6) is 0 Å². The highest BCUT2D eigenvalue weighted by molar-refractivity contribution is 7.89. The molecule has 1 aliphatic rings. The summed E-state index contributed by atoms with van der Waals surface area (Å²) in [6.07, 6.45) is 1.66. The fourth-order valence-electron chi connectivity index (χ4n) is 2.79. The van der Waals surface area contributed by atoms with E-state index in [2.05, 4.69) is 0 Å². The first kappa shape index (κ1) is 17.0. The van der Waals surface area contributed by atoms with Gasteiger partial charge in [-0.3, -0.25) is 4.79 Å². The van der Waals surface area contributed by atoms with Crippen LogP contribution >= 0.6 is 0 Å². The largest absolute Gasteiger partial charge is 0.340 e. The van der Waals surface area contributed by atoms with E-state index in [1.807, 2.05) is 13.8 Å². The van der Waals surface area contributed by atoms with Crippen molar-refractivity contribution >= 4 is 15.9 Å². The van der Waals surface area contributed by atoms with Gasteiger partial charge < -0.3 is 4.90 Å². The van der Waals surface area contributed by atoms with Crippen molar-refractivity contribution in [3.63, 3.8) is 0 Å². The third kappa shape index (κ3) is 3.50. The van der Waals surface area contributed by atoms with E-state index in [1.54, 1.807) is 35.2 Å². The Bertz CT molecular complexity index is 589. The van der Waals surface area contributed by atoms with Gasteiger partial charge in [-0.2, -0.15) is 4.31 Å². The van der Waals surface area contributed by atoms with Crippen molar-refractivity contribution in [1.29, 1.82) is 0 Å². The van der Waals surface area contributed by atoms with Crippen molar-refractivity contribution < 1.29 is 13.2 Å². The van der Waals surface area contributed by atoms with Gasteiger partial charge in [0, 0.05) is 32.1 Å². The SMILES string of the molecule is CCC(CC)C(=O)N1CCN(S(=O)(=O)c2ccccc2)CC1. The van der Waals surface area contributed by atoms with Crippen molar-refractivity contribution in [2.75, 3.05) is 26.2 Å². The first-order chi connectivity index (χ1) is 10.5. The third-order valence-corrected chi connectivity index (χ3v) is 6.18. The molecule has 22 heavy (non-hydrogen) atoms.